The number of carboxylic acids is 1. The summed E-state index contributed by atoms with van der Waals surface area (Å²) < 4.78 is 5.95. The van der Waals surface area contributed by atoms with E-state index in [0.29, 0.717) is 28.8 Å². The van der Waals surface area contributed by atoms with Crippen molar-refractivity contribution in [3.8, 4) is 11.5 Å². The summed E-state index contributed by atoms with van der Waals surface area (Å²) >= 11 is 5.81. The van der Waals surface area contributed by atoms with Crippen LogP contribution in [0.2, 0.25) is 5.15 Å². The van der Waals surface area contributed by atoms with Crippen molar-refractivity contribution in [1.29, 1.82) is 0 Å². The number of nitrogens with one attached hydrogen (secondary N) is 1. The second-order valence-corrected chi connectivity index (χ2v) is 8.48. The number of hydrogen-bond donors (Lipinski definition) is 3. The van der Waals surface area contributed by atoms with Gasteiger partial charge in [0.2, 0.25) is 0 Å². The highest BCUT2D eigenvalue weighted by atomic mass is 35.5. The van der Waals surface area contributed by atoms with Crippen LogP contribution in [-0.2, 0) is 12.8 Å². The van der Waals surface area contributed by atoms with E-state index in [1.54, 1.807) is 43.5 Å². The maximum Gasteiger partial charge on any atom is 0.336 e. The van der Waals surface area contributed by atoms with E-state index in [2.05, 4.69) is 16.4 Å². The van der Waals surface area contributed by atoms with Gasteiger partial charge in [-0.15, -0.1) is 0 Å². The molecule has 0 amide bonds. The average molecular weight is 453 g/mol. The molecule has 4 rings (SSSR count). The molecule has 0 saturated carbocycles. The summed E-state index contributed by atoms with van der Waals surface area (Å²) in [5, 5.41) is 23.6. The molecule has 0 radical (unpaired) electrons. The number of aliphatic hydroxyl groups excluding tert-OH is 1. The zero-order valence-electron chi connectivity index (χ0n) is 17.7. The van der Waals surface area contributed by atoms with Crippen molar-refractivity contribution in [3.05, 3.63) is 87.7 Å². The molecule has 0 unspecified atom stereocenters. The summed E-state index contributed by atoms with van der Waals surface area (Å²) in [6, 6.07) is 14.8. The van der Waals surface area contributed by atoms with Crippen LogP contribution < -0.4 is 10.1 Å². The molecule has 6 nitrogen and oxygen atoms in total. The predicted molar refractivity (Wildman–Crippen MR) is 123 cm³/mol. The third-order valence-electron chi connectivity index (χ3n) is 5.82. The third kappa shape index (κ3) is 5.27. The lowest BCUT2D eigenvalue weighted by Gasteiger charge is -2.27. The lowest BCUT2D eigenvalue weighted by molar-refractivity contribution is 0.0695. The number of aromatic nitrogens is 1. The molecule has 1 heterocycles. The van der Waals surface area contributed by atoms with Crippen LogP contribution in [0.5, 0.6) is 11.5 Å². The zero-order valence-corrected chi connectivity index (χ0v) is 18.5. The molecule has 2 aromatic carbocycles. The second kappa shape index (κ2) is 9.69. The van der Waals surface area contributed by atoms with E-state index in [-0.39, 0.29) is 11.6 Å². The number of carbonyl (C=O) groups is 1. The van der Waals surface area contributed by atoms with Crippen molar-refractivity contribution in [2.24, 2.45) is 0 Å². The highest BCUT2D eigenvalue weighted by molar-refractivity contribution is 6.29. The molecule has 0 aliphatic heterocycles. The smallest absolute Gasteiger partial charge is 0.336 e. The van der Waals surface area contributed by atoms with Gasteiger partial charge in [-0.3, -0.25) is 0 Å². The number of benzene rings is 2. The second-order valence-electron chi connectivity index (χ2n) is 8.09. The van der Waals surface area contributed by atoms with E-state index in [9.17, 15) is 15.0 Å². The van der Waals surface area contributed by atoms with Crippen molar-refractivity contribution in [1.82, 2.24) is 10.3 Å². The molecular weight excluding hydrogens is 428 g/mol. The molecule has 166 valence electrons. The first-order chi connectivity index (χ1) is 15.4. The van der Waals surface area contributed by atoms with Gasteiger partial charge in [0.05, 0.1) is 11.7 Å². The Morgan fingerprint density at radius 1 is 1.19 bits per heavy atom. The Balaban J connectivity index is 1.40. The van der Waals surface area contributed by atoms with Crippen LogP contribution in [0.1, 0.15) is 45.1 Å². The minimum atomic E-state index is -0.969. The number of nitrogens with zero attached hydrogens (tertiary/aromatic N) is 1. The van der Waals surface area contributed by atoms with Crippen LogP contribution in [-0.4, -0.2) is 33.8 Å². The number of aliphatic hydroxyl groups is 1. The fourth-order valence-electron chi connectivity index (χ4n) is 3.98. The van der Waals surface area contributed by atoms with E-state index in [1.807, 2.05) is 12.1 Å². The molecule has 2 atom stereocenters. The quantitative estimate of drug-likeness (QED) is 0.449. The van der Waals surface area contributed by atoms with Crippen molar-refractivity contribution in [2.45, 2.75) is 38.3 Å². The van der Waals surface area contributed by atoms with E-state index in [4.69, 9.17) is 16.3 Å². The Hall–Kier alpha value is -2.93. The van der Waals surface area contributed by atoms with Crippen molar-refractivity contribution < 1.29 is 19.7 Å². The number of pyridine rings is 1. The van der Waals surface area contributed by atoms with E-state index < -0.39 is 12.1 Å². The summed E-state index contributed by atoms with van der Waals surface area (Å²) in [6.45, 7) is 2.19. The molecule has 0 bridgehead atoms. The summed E-state index contributed by atoms with van der Waals surface area (Å²) in [5.41, 5.74) is 4.14. The van der Waals surface area contributed by atoms with Gasteiger partial charge in [-0.25, -0.2) is 9.78 Å². The van der Waals surface area contributed by atoms with Gasteiger partial charge in [-0.1, -0.05) is 29.8 Å². The van der Waals surface area contributed by atoms with Crippen LogP contribution in [0.15, 0.2) is 54.7 Å². The number of carboxylic acid groups (broad SMARTS) is 1. The first-order valence-corrected chi connectivity index (χ1v) is 10.9. The summed E-state index contributed by atoms with van der Waals surface area (Å²) in [7, 11) is 0. The number of halogens is 1. The highest BCUT2D eigenvalue weighted by Crippen LogP contribution is 2.30. The van der Waals surface area contributed by atoms with Crippen molar-refractivity contribution in [3.63, 3.8) is 0 Å². The Labute approximate surface area is 191 Å². The van der Waals surface area contributed by atoms with E-state index in [0.717, 1.165) is 24.8 Å². The predicted octanol–water partition coefficient (Wildman–Crippen LogP) is 4.71. The molecule has 1 aliphatic rings. The number of rotatable bonds is 7. The molecular formula is C25H25ClN2O4. The fourth-order valence-corrected chi connectivity index (χ4v) is 4.09. The number of aryl methyl sites for hydroxylation is 2. The van der Waals surface area contributed by atoms with Gasteiger partial charge in [0, 0.05) is 24.3 Å². The summed E-state index contributed by atoms with van der Waals surface area (Å²) in [4.78, 5) is 15.4. The van der Waals surface area contributed by atoms with Crippen molar-refractivity contribution >= 4 is 17.6 Å². The Kier molecular flexibility index (Phi) is 6.74. The summed E-state index contributed by atoms with van der Waals surface area (Å²) in [6.07, 6.45) is 3.70. The first-order valence-electron chi connectivity index (χ1n) is 10.6. The van der Waals surface area contributed by atoms with Crippen LogP contribution in [0.25, 0.3) is 0 Å². The standard InChI is InChI=1S/C25H25ClN2O4/c1-15-2-7-21(12-22(15)25(30)31)32-20-8-4-16-3-6-19(10-18(16)11-20)27-14-23(29)17-5-9-24(26)28-13-17/h2,4-5,7-9,11-13,19,23,27,29H,3,6,10,14H2,1H3,(H,30,31)/t19-,23+/m0/s1. The van der Waals surface area contributed by atoms with Gasteiger partial charge < -0.3 is 20.3 Å². The third-order valence-corrected chi connectivity index (χ3v) is 6.04. The maximum atomic E-state index is 11.4. The molecule has 3 N–H and O–H groups in total. The minimum Gasteiger partial charge on any atom is -0.478 e. The zero-order chi connectivity index (χ0) is 22.7. The normalized spacial score (nSPS) is 16.3. The molecule has 7 heteroatoms. The monoisotopic (exact) mass is 452 g/mol. The summed E-state index contributed by atoms with van der Waals surface area (Å²) in [5.74, 6) is 0.207. The first kappa shape index (κ1) is 22.3. The van der Waals surface area contributed by atoms with Gasteiger partial charge in [-0.2, -0.15) is 0 Å². The van der Waals surface area contributed by atoms with Crippen LogP contribution in [0, 0.1) is 6.92 Å². The van der Waals surface area contributed by atoms with E-state index >= 15 is 0 Å². The molecule has 0 spiro atoms. The molecule has 1 aromatic heterocycles. The van der Waals surface area contributed by atoms with E-state index in [1.165, 1.54) is 11.1 Å². The molecule has 32 heavy (non-hydrogen) atoms. The Morgan fingerprint density at radius 2 is 1.97 bits per heavy atom. The maximum absolute atomic E-state index is 11.4. The fraction of sp³-hybridized carbons (Fsp3) is 0.280. The number of ether oxygens (including phenoxy) is 1. The molecule has 0 saturated heterocycles. The lowest BCUT2D eigenvalue weighted by atomic mass is 9.88. The average Bonchev–Trinajstić information content (AvgIpc) is 2.78. The topological polar surface area (TPSA) is 91.7 Å². The SMILES string of the molecule is Cc1ccc(Oc2ccc3c(c2)C[C@@H](NC[C@@H](O)c2ccc(Cl)nc2)CC3)cc1C(=O)O. The van der Waals surface area contributed by atoms with Crippen LogP contribution >= 0.6 is 11.6 Å². The van der Waals surface area contributed by atoms with Gasteiger partial charge in [-0.05, 0) is 73.2 Å². The number of aromatic carboxylic acids is 1. The number of fused-ring (bicyclic) bond motifs is 1. The Morgan fingerprint density at radius 3 is 2.72 bits per heavy atom. The molecule has 3 aromatic rings. The van der Waals surface area contributed by atoms with Crippen molar-refractivity contribution in [2.75, 3.05) is 6.54 Å². The van der Waals surface area contributed by atoms with Gasteiger partial charge in [0.25, 0.3) is 0 Å². The van der Waals surface area contributed by atoms with Gasteiger partial charge in [0.1, 0.15) is 16.7 Å². The van der Waals surface area contributed by atoms with Crippen LogP contribution in [0.4, 0.5) is 0 Å². The highest BCUT2D eigenvalue weighted by Gasteiger charge is 2.20. The molecule has 0 fully saturated rings. The largest absolute Gasteiger partial charge is 0.478 e. The minimum absolute atomic E-state index is 0.235. The van der Waals surface area contributed by atoms with Crippen LogP contribution in [0.3, 0.4) is 0 Å². The Bertz CT molecular complexity index is 1120. The van der Waals surface area contributed by atoms with Gasteiger partial charge >= 0.3 is 5.97 Å². The van der Waals surface area contributed by atoms with Gasteiger partial charge in [0.15, 0.2) is 0 Å². The number of hydrogen-bond acceptors (Lipinski definition) is 5. The lowest BCUT2D eigenvalue weighted by Crippen LogP contribution is -2.37. The molecule has 1 aliphatic carbocycles.